The van der Waals surface area contributed by atoms with Gasteiger partial charge in [-0.2, -0.15) is 5.26 Å². The maximum atomic E-state index is 9.75. The molecule has 0 saturated carbocycles. The number of aliphatic hydroxyl groups is 1. The van der Waals surface area contributed by atoms with Crippen molar-refractivity contribution in [1.29, 1.82) is 5.26 Å². The molecule has 0 aliphatic carbocycles. The van der Waals surface area contributed by atoms with E-state index >= 15 is 0 Å². The van der Waals surface area contributed by atoms with Crippen LogP contribution in [0.15, 0.2) is 41.8 Å². The number of benzene rings is 1. The summed E-state index contributed by atoms with van der Waals surface area (Å²) in [5, 5.41) is 20.5. The number of likely N-dealkylation sites (tertiary alicyclic amines) is 1. The number of piperidine rings is 1. The summed E-state index contributed by atoms with van der Waals surface area (Å²) >= 11 is 1.70. The number of hydrogen-bond acceptors (Lipinski definition) is 4. The fourth-order valence-corrected chi connectivity index (χ4v) is 4.06. The molecule has 24 heavy (non-hydrogen) atoms. The number of nitriles is 1. The highest BCUT2D eigenvalue weighted by Gasteiger charge is 2.36. The van der Waals surface area contributed by atoms with E-state index in [9.17, 15) is 5.26 Å². The van der Waals surface area contributed by atoms with Crippen molar-refractivity contribution in [2.45, 2.75) is 24.8 Å². The molecule has 0 unspecified atom stereocenters. The van der Waals surface area contributed by atoms with E-state index in [-0.39, 0.29) is 12.0 Å². The van der Waals surface area contributed by atoms with Gasteiger partial charge in [0.15, 0.2) is 0 Å². The Morgan fingerprint density at radius 2 is 1.96 bits per heavy atom. The second-order valence-electron chi connectivity index (χ2n) is 6.10. The lowest BCUT2D eigenvalue weighted by Gasteiger charge is -2.37. The van der Waals surface area contributed by atoms with Gasteiger partial charge in [-0.3, -0.25) is 4.90 Å². The minimum atomic E-state index is -0.342. The van der Waals surface area contributed by atoms with Gasteiger partial charge in [0, 0.05) is 35.5 Å². The van der Waals surface area contributed by atoms with E-state index < -0.39 is 0 Å². The van der Waals surface area contributed by atoms with Crippen molar-refractivity contribution < 1.29 is 5.11 Å². The molecule has 0 bridgehead atoms. The van der Waals surface area contributed by atoms with Gasteiger partial charge in [0.25, 0.3) is 0 Å². The van der Waals surface area contributed by atoms with Crippen LogP contribution in [0.3, 0.4) is 0 Å². The molecule has 1 N–H and O–H groups in total. The van der Waals surface area contributed by atoms with Gasteiger partial charge in [-0.05, 0) is 24.5 Å². The van der Waals surface area contributed by atoms with E-state index in [1.165, 1.54) is 4.88 Å². The number of thiophene rings is 1. The second-order valence-corrected chi connectivity index (χ2v) is 7.09. The first-order chi connectivity index (χ1) is 11.8. The van der Waals surface area contributed by atoms with E-state index in [2.05, 4.69) is 41.0 Å². The third kappa shape index (κ3) is 3.68. The predicted octanol–water partition coefficient (Wildman–Crippen LogP) is 3.15. The van der Waals surface area contributed by atoms with Crippen LogP contribution >= 0.6 is 11.3 Å². The zero-order valence-corrected chi connectivity index (χ0v) is 14.4. The molecule has 1 aromatic heterocycles. The molecular weight excluding hydrogens is 316 g/mol. The van der Waals surface area contributed by atoms with Gasteiger partial charge < -0.3 is 5.11 Å². The number of aliphatic hydroxyl groups excluding tert-OH is 1. The van der Waals surface area contributed by atoms with Crippen LogP contribution in [0.5, 0.6) is 0 Å². The molecule has 3 nitrogen and oxygen atoms in total. The largest absolute Gasteiger partial charge is 0.384 e. The first kappa shape index (κ1) is 16.7. The monoisotopic (exact) mass is 336 g/mol. The Morgan fingerprint density at radius 1 is 1.21 bits per heavy atom. The van der Waals surface area contributed by atoms with E-state index in [0.717, 1.165) is 43.6 Å². The molecule has 122 valence electrons. The SMILES string of the molecule is N#CC1(c2ccccc2)CCN(Cc2cc(C#CCO)cs2)CC1. The van der Waals surface area contributed by atoms with Crippen LogP contribution < -0.4 is 0 Å². The molecule has 0 amide bonds. The van der Waals surface area contributed by atoms with E-state index in [1.807, 2.05) is 23.6 Å². The van der Waals surface area contributed by atoms with Crippen molar-refractivity contribution in [1.82, 2.24) is 4.90 Å². The van der Waals surface area contributed by atoms with Crippen molar-refractivity contribution in [3.05, 3.63) is 57.8 Å². The third-order valence-electron chi connectivity index (χ3n) is 4.59. The molecule has 1 aromatic carbocycles. The Hall–Kier alpha value is -2.11. The van der Waals surface area contributed by atoms with Crippen LogP contribution in [-0.4, -0.2) is 29.7 Å². The number of nitrogens with zero attached hydrogens (tertiary/aromatic N) is 2. The summed E-state index contributed by atoms with van der Waals surface area (Å²) in [6, 6.07) is 14.8. The Balaban J connectivity index is 1.63. The molecule has 2 aromatic rings. The average Bonchev–Trinajstić information content (AvgIpc) is 3.09. The van der Waals surface area contributed by atoms with Crippen molar-refractivity contribution in [2.75, 3.05) is 19.7 Å². The summed E-state index contributed by atoms with van der Waals surface area (Å²) in [6.07, 6.45) is 1.74. The lowest BCUT2D eigenvalue weighted by molar-refractivity contribution is 0.180. The van der Waals surface area contributed by atoms with Gasteiger partial charge in [0.1, 0.15) is 6.61 Å². The zero-order valence-electron chi connectivity index (χ0n) is 13.5. The van der Waals surface area contributed by atoms with Crippen LogP contribution in [0.4, 0.5) is 0 Å². The van der Waals surface area contributed by atoms with Crippen molar-refractivity contribution in [3.63, 3.8) is 0 Å². The normalized spacial score (nSPS) is 16.8. The molecular formula is C20H20N2OS. The molecule has 0 atom stereocenters. The number of hydrogen-bond donors (Lipinski definition) is 1. The summed E-state index contributed by atoms with van der Waals surface area (Å²) in [4.78, 5) is 3.69. The van der Waals surface area contributed by atoms with E-state index in [0.29, 0.717) is 0 Å². The summed E-state index contributed by atoms with van der Waals surface area (Å²) in [5.74, 6) is 5.63. The highest BCUT2D eigenvalue weighted by Crippen LogP contribution is 2.35. The minimum absolute atomic E-state index is 0.104. The maximum absolute atomic E-state index is 9.75. The lowest BCUT2D eigenvalue weighted by atomic mass is 9.74. The zero-order chi connectivity index (χ0) is 16.8. The Morgan fingerprint density at radius 3 is 2.62 bits per heavy atom. The Bertz CT molecular complexity index is 771. The Kier molecular flexibility index (Phi) is 5.33. The van der Waals surface area contributed by atoms with Crippen molar-refractivity contribution in [3.8, 4) is 17.9 Å². The van der Waals surface area contributed by atoms with Gasteiger partial charge in [-0.1, -0.05) is 42.2 Å². The van der Waals surface area contributed by atoms with Crippen molar-refractivity contribution in [2.24, 2.45) is 0 Å². The summed E-state index contributed by atoms with van der Waals surface area (Å²) < 4.78 is 0. The van der Waals surface area contributed by atoms with Crippen LogP contribution in [0.2, 0.25) is 0 Å². The molecule has 2 heterocycles. The fraction of sp³-hybridized carbons (Fsp3) is 0.350. The molecule has 1 aliphatic heterocycles. The van der Waals surface area contributed by atoms with Crippen LogP contribution in [0, 0.1) is 23.2 Å². The quantitative estimate of drug-likeness (QED) is 0.876. The third-order valence-corrected chi connectivity index (χ3v) is 5.52. The molecule has 1 fully saturated rings. The van der Waals surface area contributed by atoms with Crippen LogP contribution in [0.1, 0.15) is 28.8 Å². The summed E-state index contributed by atoms with van der Waals surface area (Å²) in [7, 11) is 0. The second kappa shape index (κ2) is 7.64. The highest BCUT2D eigenvalue weighted by atomic mass is 32.1. The van der Waals surface area contributed by atoms with Crippen LogP contribution in [-0.2, 0) is 12.0 Å². The summed E-state index contributed by atoms with van der Waals surface area (Å²) in [6.45, 7) is 2.66. The van der Waals surface area contributed by atoms with Crippen LogP contribution in [0.25, 0.3) is 0 Å². The molecule has 0 spiro atoms. The minimum Gasteiger partial charge on any atom is -0.384 e. The van der Waals surface area contributed by atoms with Gasteiger partial charge >= 0.3 is 0 Å². The predicted molar refractivity (Wildman–Crippen MR) is 96.5 cm³/mol. The van der Waals surface area contributed by atoms with E-state index in [1.54, 1.807) is 11.3 Å². The van der Waals surface area contributed by atoms with Gasteiger partial charge in [0.05, 0.1) is 11.5 Å². The maximum Gasteiger partial charge on any atom is 0.104 e. The average molecular weight is 336 g/mol. The number of rotatable bonds is 3. The smallest absolute Gasteiger partial charge is 0.104 e. The van der Waals surface area contributed by atoms with Gasteiger partial charge in [-0.25, -0.2) is 0 Å². The molecule has 1 aliphatic rings. The highest BCUT2D eigenvalue weighted by molar-refractivity contribution is 7.10. The lowest BCUT2D eigenvalue weighted by Crippen LogP contribution is -2.41. The molecule has 3 rings (SSSR count). The molecule has 1 saturated heterocycles. The fourth-order valence-electron chi connectivity index (χ4n) is 3.21. The standard InChI is InChI=1S/C20H20N2OS/c21-16-20(18-6-2-1-3-7-18)8-10-22(11-9-20)14-19-13-17(15-24-19)5-4-12-23/h1-3,6-7,13,15,23H,8-12,14H2. The first-order valence-electron chi connectivity index (χ1n) is 8.12. The first-order valence-corrected chi connectivity index (χ1v) is 9.00. The van der Waals surface area contributed by atoms with Crippen molar-refractivity contribution >= 4 is 11.3 Å². The summed E-state index contributed by atoms with van der Waals surface area (Å²) in [5.41, 5.74) is 1.77. The molecule has 4 heteroatoms. The Labute approximate surface area is 147 Å². The van der Waals surface area contributed by atoms with E-state index in [4.69, 9.17) is 5.11 Å². The molecule has 0 radical (unpaired) electrons. The van der Waals surface area contributed by atoms with Gasteiger partial charge in [-0.15, -0.1) is 11.3 Å². The van der Waals surface area contributed by atoms with Gasteiger partial charge in [0.2, 0.25) is 0 Å². The topological polar surface area (TPSA) is 47.3 Å².